The molecular formula is C12H17N5OS. The molecule has 6 nitrogen and oxygen atoms in total. The van der Waals surface area contributed by atoms with Crippen LogP contribution in [0.5, 0.6) is 0 Å². The lowest BCUT2D eigenvalue weighted by Crippen LogP contribution is -2.37. The number of nitrogens with two attached hydrogens (primary N) is 1. The van der Waals surface area contributed by atoms with Crippen molar-refractivity contribution in [3.05, 3.63) is 12.5 Å². The monoisotopic (exact) mass is 279 g/mol. The maximum absolute atomic E-state index is 10.1. The number of anilines is 2. The maximum atomic E-state index is 10.1. The molecule has 7 heteroatoms. The number of thioether (sulfide) groups is 1. The minimum absolute atomic E-state index is 0.130. The Morgan fingerprint density at radius 2 is 2.42 bits per heavy atom. The van der Waals surface area contributed by atoms with Crippen molar-refractivity contribution in [1.82, 2.24) is 15.0 Å². The number of aromatic amines is 1. The summed E-state index contributed by atoms with van der Waals surface area (Å²) in [6.07, 6.45) is 5.94. The van der Waals surface area contributed by atoms with Gasteiger partial charge in [-0.15, -0.1) is 0 Å². The topological polar surface area (TPSA) is 91.1 Å². The Balaban J connectivity index is 2.02. The number of H-pyrrole nitrogens is 1. The average molecular weight is 279 g/mol. The van der Waals surface area contributed by atoms with E-state index in [0.717, 1.165) is 35.4 Å². The lowest BCUT2D eigenvalue weighted by Gasteiger charge is -2.26. The van der Waals surface area contributed by atoms with Crippen molar-refractivity contribution in [1.29, 1.82) is 0 Å². The molecule has 0 bridgehead atoms. The fraction of sp³-hybridized carbons (Fsp3) is 0.500. The van der Waals surface area contributed by atoms with Gasteiger partial charge in [0.1, 0.15) is 17.4 Å². The molecule has 1 aliphatic heterocycles. The van der Waals surface area contributed by atoms with Crippen molar-refractivity contribution in [2.75, 3.05) is 29.2 Å². The fourth-order valence-corrected chi connectivity index (χ4v) is 3.42. The molecule has 0 amide bonds. The molecule has 2 atom stereocenters. The minimum atomic E-state index is -0.281. The molecule has 19 heavy (non-hydrogen) atoms. The highest BCUT2D eigenvalue weighted by Crippen LogP contribution is 2.33. The number of hydrogen-bond acceptors (Lipinski definition) is 6. The van der Waals surface area contributed by atoms with Crippen molar-refractivity contribution < 1.29 is 5.11 Å². The summed E-state index contributed by atoms with van der Waals surface area (Å²) in [4.78, 5) is 13.6. The highest BCUT2D eigenvalue weighted by molar-refractivity contribution is 7.98. The van der Waals surface area contributed by atoms with Crippen molar-refractivity contribution in [2.24, 2.45) is 0 Å². The number of aliphatic hydroxyl groups is 1. The van der Waals surface area contributed by atoms with Gasteiger partial charge in [-0.05, 0) is 12.7 Å². The number of nitrogen functional groups attached to an aromatic ring is 1. The van der Waals surface area contributed by atoms with Gasteiger partial charge in [-0.1, -0.05) is 0 Å². The Kier molecular flexibility index (Phi) is 3.24. The number of nitrogens with zero attached hydrogens (tertiary/aromatic N) is 3. The molecule has 1 aliphatic rings. The van der Waals surface area contributed by atoms with E-state index in [-0.39, 0.29) is 12.1 Å². The summed E-state index contributed by atoms with van der Waals surface area (Å²) in [7, 11) is 0. The molecule has 2 aromatic heterocycles. The maximum Gasteiger partial charge on any atom is 0.151 e. The summed E-state index contributed by atoms with van der Waals surface area (Å²) in [6, 6.07) is 0.130. The summed E-state index contributed by atoms with van der Waals surface area (Å²) in [6.45, 7) is 0.837. The van der Waals surface area contributed by atoms with Gasteiger partial charge in [-0.2, -0.15) is 11.8 Å². The second-order valence-corrected chi connectivity index (χ2v) is 5.64. The summed E-state index contributed by atoms with van der Waals surface area (Å²) in [5, 5.41) is 10.1. The van der Waals surface area contributed by atoms with Crippen LogP contribution in [0.4, 0.5) is 11.5 Å². The van der Waals surface area contributed by atoms with Crippen LogP contribution in [-0.4, -0.2) is 50.8 Å². The van der Waals surface area contributed by atoms with Crippen LogP contribution in [0.1, 0.15) is 6.42 Å². The van der Waals surface area contributed by atoms with Gasteiger partial charge < -0.3 is 20.7 Å². The highest BCUT2D eigenvalue weighted by atomic mass is 32.2. The zero-order valence-corrected chi connectivity index (χ0v) is 11.5. The zero-order valence-electron chi connectivity index (χ0n) is 10.7. The van der Waals surface area contributed by atoms with Crippen LogP contribution >= 0.6 is 11.8 Å². The number of aliphatic hydroxyl groups excluding tert-OH is 1. The number of fused-ring (bicyclic) bond motifs is 1. The van der Waals surface area contributed by atoms with E-state index in [2.05, 4.69) is 26.1 Å². The van der Waals surface area contributed by atoms with E-state index in [4.69, 9.17) is 5.73 Å². The quantitative estimate of drug-likeness (QED) is 0.771. The zero-order chi connectivity index (χ0) is 13.4. The van der Waals surface area contributed by atoms with E-state index >= 15 is 0 Å². The van der Waals surface area contributed by atoms with Gasteiger partial charge in [0.2, 0.25) is 0 Å². The number of hydrogen-bond donors (Lipinski definition) is 3. The molecule has 1 saturated heterocycles. The summed E-state index contributed by atoms with van der Waals surface area (Å²) in [5.74, 6) is 1.35. The Morgan fingerprint density at radius 1 is 1.58 bits per heavy atom. The van der Waals surface area contributed by atoms with Gasteiger partial charge in [0, 0.05) is 18.5 Å². The molecule has 102 valence electrons. The fourth-order valence-electron chi connectivity index (χ4n) is 2.67. The molecule has 4 N–H and O–H groups in total. The largest absolute Gasteiger partial charge is 0.391 e. The SMILES string of the molecule is CSCC1[C@H](O)CCN1c1c[nH]c2c(N)ncnc12. The van der Waals surface area contributed by atoms with E-state index in [0.29, 0.717) is 5.82 Å². The third-order valence-electron chi connectivity index (χ3n) is 3.63. The Hall–Kier alpha value is -1.47. The summed E-state index contributed by atoms with van der Waals surface area (Å²) >= 11 is 1.74. The van der Waals surface area contributed by atoms with Crippen LogP contribution in [0.15, 0.2) is 12.5 Å². The predicted octanol–water partition coefficient (Wildman–Crippen LogP) is 0.843. The van der Waals surface area contributed by atoms with Gasteiger partial charge >= 0.3 is 0 Å². The molecule has 1 fully saturated rings. The lowest BCUT2D eigenvalue weighted by molar-refractivity contribution is 0.172. The Bertz CT molecular complexity index is 587. The minimum Gasteiger partial charge on any atom is -0.391 e. The number of aromatic nitrogens is 3. The van der Waals surface area contributed by atoms with Crippen molar-refractivity contribution in [2.45, 2.75) is 18.6 Å². The molecule has 1 unspecified atom stereocenters. The van der Waals surface area contributed by atoms with Gasteiger partial charge in [-0.3, -0.25) is 0 Å². The van der Waals surface area contributed by atoms with E-state index < -0.39 is 0 Å². The Labute approximate surface area is 115 Å². The predicted molar refractivity (Wildman–Crippen MR) is 78.4 cm³/mol. The summed E-state index contributed by atoms with van der Waals surface area (Å²) in [5.41, 5.74) is 8.43. The number of rotatable bonds is 3. The smallest absolute Gasteiger partial charge is 0.151 e. The molecule has 0 aromatic carbocycles. The molecule has 3 heterocycles. The van der Waals surface area contributed by atoms with Crippen LogP contribution in [0.25, 0.3) is 11.0 Å². The van der Waals surface area contributed by atoms with Crippen LogP contribution in [-0.2, 0) is 0 Å². The van der Waals surface area contributed by atoms with Gasteiger partial charge in [0.25, 0.3) is 0 Å². The van der Waals surface area contributed by atoms with Crippen LogP contribution in [0.3, 0.4) is 0 Å². The van der Waals surface area contributed by atoms with Crippen LogP contribution in [0.2, 0.25) is 0 Å². The van der Waals surface area contributed by atoms with Crippen LogP contribution in [0, 0.1) is 0 Å². The first kappa shape index (κ1) is 12.6. The lowest BCUT2D eigenvalue weighted by atomic mass is 10.2. The van der Waals surface area contributed by atoms with Crippen molar-refractivity contribution in [3.63, 3.8) is 0 Å². The number of nitrogens with one attached hydrogen (secondary N) is 1. The molecule has 0 saturated carbocycles. The second-order valence-electron chi connectivity index (χ2n) is 4.73. The molecule has 2 aromatic rings. The van der Waals surface area contributed by atoms with Gasteiger partial charge in [0.05, 0.1) is 17.8 Å². The van der Waals surface area contributed by atoms with Gasteiger partial charge in [0.15, 0.2) is 5.82 Å². The van der Waals surface area contributed by atoms with E-state index in [1.54, 1.807) is 11.8 Å². The second kappa shape index (κ2) is 4.90. The molecule has 0 spiro atoms. The van der Waals surface area contributed by atoms with Crippen molar-refractivity contribution >= 4 is 34.3 Å². The van der Waals surface area contributed by atoms with Gasteiger partial charge in [-0.25, -0.2) is 9.97 Å². The normalized spacial score (nSPS) is 23.4. The summed E-state index contributed by atoms with van der Waals surface area (Å²) < 4.78 is 0. The van der Waals surface area contributed by atoms with Crippen LogP contribution < -0.4 is 10.6 Å². The third kappa shape index (κ3) is 2.02. The standard InChI is InChI=1S/C12H17N5OS/c1-19-5-8-9(18)2-3-17(8)7-4-14-11-10(7)15-6-16-12(11)13/h4,6,8-9,14,18H,2-3,5H2,1H3,(H2,13,15,16)/t8?,9-/m1/s1. The molecule has 0 radical (unpaired) electrons. The third-order valence-corrected chi connectivity index (χ3v) is 4.30. The van der Waals surface area contributed by atoms with Crippen molar-refractivity contribution in [3.8, 4) is 0 Å². The highest BCUT2D eigenvalue weighted by Gasteiger charge is 2.34. The molecule has 3 rings (SSSR count). The van der Waals surface area contributed by atoms with E-state index in [1.165, 1.54) is 6.33 Å². The molecular weight excluding hydrogens is 262 g/mol. The van der Waals surface area contributed by atoms with E-state index in [9.17, 15) is 5.11 Å². The first-order valence-electron chi connectivity index (χ1n) is 6.23. The molecule has 0 aliphatic carbocycles. The van der Waals surface area contributed by atoms with E-state index in [1.807, 2.05) is 6.20 Å². The average Bonchev–Trinajstić information content (AvgIpc) is 2.96. The first-order valence-corrected chi connectivity index (χ1v) is 7.63. The first-order chi connectivity index (χ1) is 9.22. The Morgan fingerprint density at radius 3 is 3.21 bits per heavy atom.